The number of amides is 1. The molecule has 0 bridgehead atoms. The topological polar surface area (TPSA) is 69.5 Å². The van der Waals surface area contributed by atoms with Gasteiger partial charge in [0.2, 0.25) is 5.91 Å². The van der Waals surface area contributed by atoms with E-state index in [0.29, 0.717) is 32.7 Å². The van der Waals surface area contributed by atoms with Crippen molar-refractivity contribution in [1.82, 2.24) is 19.7 Å². The second-order valence-electron chi connectivity index (χ2n) is 5.64. The van der Waals surface area contributed by atoms with Gasteiger partial charge in [-0.1, -0.05) is 0 Å². The number of methoxy groups -OCH3 is 1. The van der Waals surface area contributed by atoms with E-state index in [1.165, 1.54) is 6.33 Å². The highest BCUT2D eigenvalue weighted by molar-refractivity contribution is 5.76. The van der Waals surface area contributed by atoms with Crippen LogP contribution in [0.15, 0.2) is 12.7 Å². The zero-order valence-corrected chi connectivity index (χ0v) is 12.3. The highest BCUT2D eigenvalue weighted by Gasteiger charge is 2.35. The molecular formula is C13H22N4O3. The number of hydrogen-bond donors (Lipinski definition) is 0. The van der Waals surface area contributed by atoms with Crippen LogP contribution >= 0.6 is 0 Å². The van der Waals surface area contributed by atoms with Crippen LogP contribution in [-0.2, 0) is 20.8 Å². The van der Waals surface area contributed by atoms with Gasteiger partial charge in [-0.15, -0.1) is 0 Å². The average molecular weight is 282 g/mol. The second-order valence-corrected chi connectivity index (χ2v) is 5.64. The van der Waals surface area contributed by atoms with E-state index in [4.69, 9.17) is 9.47 Å². The predicted molar refractivity (Wildman–Crippen MR) is 72.0 cm³/mol. The number of aryl methyl sites for hydroxylation is 1. The van der Waals surface area contributed by atoms with Gasteiger partial charge in [-0.05, 0) is 13.8 Å². The molecule has 7 nitrogen and oxygen atoms in total. The zero-order valence-electron chi connectivity index (χ0n) is 12.3. The fourth-order valence-electron chi connectivity index (χ4n) is 2.47. The van der Waals surface area contributed by atoms with E-state index in [1.807, 2.05) is 18.7 Å². The van der Waals surface area contributed by atoms with Gasteiger partial charge in [0, 0.05) is 26.6 Å². The van der Waals surface area contributed by atoms with Gasteiger partial charge in [0.1, 0.15) is 12.7 Å². The van der Waals surface area contributed by atoms with Crippen molar-refractivity contribution in [2.24, 2.45) is 0 Å². The Labute approximate surface area is 118 Å². The number of rotatable bonds is 5. The molecule has 2 heterocycles. The monoisotopic (exact) mass is 282 g/mol. The molecule has 1 aliphatic rings. The van der Waals surface area contributed by atoms with Crippen LogP contribution in [0.25, 0.3) is 0 Å². The molecule has 0 N–H and O–H groups in total. The average Bonchev–Trinajstić information content (AvgIpc) is 2.87. The van der Waals surface area contributed by atoms with Crippen LogP contribution in [0.5, 0.6) is 0 Å². The molecule has 7 heteroatoms. The maximum absolute atomic E-state index is 12.3. The summed E-state index contributed by atoms with van der Waals surface area (Å²) < 4.78 is 12.7. The van der Waals surface area contributed by atoms with Gasteiger partial charge in [-0.3, -0.25) is 9.48 Å². The largest absolute Gasteiger partial charge is 0.382 e. The first kappa shape index (κ1) is 14.9. The zero-order chi connectivity index (χ0) is 14.6. The predicted octanol–water partition coefficient (Wildman–Crippen LogP) is 0.321. The molecule has 1 atom stereocenters. The van der Waals surface area contributed by atoms with Crippen molar-refractivity contribution in [2.75, 3.05) is 26.8 Å². The van der Waals surface area contributed by atoms with E-state index in [1.54, 1.807) is 18.1 Å². The highest BCUT2D eigenvalue weighted by Crippen LogP contribution is 2.21. The Bertz CT molecular complexity index is 433. The Morgan fingerprint density at radius 2 is 2.35 bits per heavy atom. The van der Waals surface area contributed by atoms with Crippen molar-refractivity contribution in [3.8, 4) is 0 Å². The molecule has 1 aliphatic heterocycles. The summed E-state index contributed by atoms with van der Waals surface area (Å²) in [5, 5.41) is 4.00. The highest BCUT2D eigenvalue weighted by atomic mass is 16.5. The number of aromatic nitrogens is 3. The summed E-state index contributed by atoms with van der Waals surface area (Å²) in [5.74, 6) is 0.109. The molecule has 0 saturated carbocycles. The first-order chi connectivity index (χ1) is 9.50. The number of carbonyl (C=O) groups is 1. The number of carbonyl (C=O) groups excluding carboxylic acids is 1. The summed E-state index contributed by atoms with van der Waals surface area (Å²) in [7, 11) is 1.64. The Morgan fingerprint density at radius 1 is 1.55 bits per heavy atom. The molecule has 0 aromatic carbocycles. The third-order valence-electron chi connectivity index (χ3n) is 3.21. The van der Waals surface area contributed by atoms with Gasteiger partial charge in [0.25, 0.3) is 0 Å². The summed E-state index contributed by atoms with van der Waals surface area (Å²) in [5.41, 5.74) is -0.343. The Kier molecular flexibility index (Phi) is 4.72. The Balaban J connectivity index is 1.90. The fourth-order valence-corrected chi connectivity index (χ4v) is 2.47. The second kappa shape index (κ2) is 6.32. The van der Waals surface area contributed by atoms with Crippen LogP contribution in [0.1, 0.15) is 20.3 Å². The van der Waals surface area contributed by atoms with Crippen LogP contribution < -0.4 is 0 Å². The van der Waals surface area contributed by atoms with E-state index >= 15 is 0 Å². The summed E-state index contributed by atoms with van der Waals surface area (Å²) >= 11 is 0. The molecule has 1 aromatic rings. The summed E-state index contributed by atoms with van der Waals surface area (Å²) in [6.07, 6.45) is 3.43. The quantitative estimate of drug-likeness (QED) is 0.778. The first-order valence-corrected chi connectivity index (χ1v) is 6.77. The third-order valence-corrected chi connectivity index (χ3v) is 3.21. The molecule has 0 radical (unpaired) electrons. The maximum Gasteiger partial charge on any atom is 0.224 e. The normalized spacial score (nSPS) is 21.9. The van der Waals surface area contributed by atoms with Gasteiger partial charge >= 0.3 is 0 Å². The van der Waals surface area contributed by atoms with Gasteiger partial charge < -0.3 is 14.4 Å². The van der Waals surface area contributed by atoms with Gasteiger partial charge in [0.05, 0.1) is 24.9 Å². The van der Waals surface area contributed by atoms with Crippen LogP contribution in [-0.4, -0.2) is 64.1 Å². The van der Waals surface area contributed by atoms with Crippen LogP contribution in [0.4, 0.5) is 0 Å². The minimum absolute atomic E-state index is 0.0703. The standard InChI is InChI=1S/C13H22N4O3/c1-13(2)8-16(6-11(20-13)7-19-3)12(18)4-5-17-10-14-9-15-17/h9-11H,4-8H2,1-3H3/t11-/m1/s1. The molecule has 1 amide bonds. The lowest BCUT2D eigenvalue weighted by atomic mass is 10.0. The minimum Gasteiger partial charge on any atom is -0.382 e. The molecule has 0 unspecified atom stereocenters. The number of hydrogen-bond acceptors (Lipinski definition) is 5. The van der Waals surface area contributed by atoms with E-state index < -0.39 is 0 Å². The van der Waals surface area contributed by atoms with Crippen molar-refractivity contribution in [3.63, 3.8) is 0 Å². The summed E-state index contributed by atoms with van der Waals surface area (Å²) in [6.45, 7) is 6.21. The van der Waals surface area contributed by atoms with Crippen molar-refractivity contribution in [3.05, 3.63) is 12.7 Å². The molecule has 1 aromatic heterocycles. The molecule has 0 spiro atoms. The molecule has 112 valence electrons. The molecule has 1 saturated heterocycles. The molecule has 20 heavy (non-hydrogen) atoms. The summed E-state index contributed by atoms with van der Waals surface area (Å²) in [6, 6.07) is 0. The van der Waals surface area contributed by atoms with Gasteiger partial charge in [-0.25, -0.2) is 4.98 Å². The Hall–Kier alpha value is -1.47. The summed E-state index contributed by atoms with van der Waals surface area (Å²) in [4.78, 5) is 18.0. The molecular weight excluding hydrogens is 260 g/mol. The van der Waals surface area contributed by atoms with Gasteiger partial charge in [-0.2, -0.15) is 5.10 Å². The van der Waals surface area contributed by atoms with E-state index in [0.717, 1.165) is 0 Å². The smallest absolute Gasteiger partial charge is 0.224 e. The lowest BCUT2D eigenvalue weighted by Gasteiger charge is -2.42. The van der Waals surface area contributed by atoms with Gasteiger partial charge in [0.15, 0.2) is 0 Å². The molecule has 0 aliphatic carbocycles. The van der Waals surface area contributed by atoms with Crippen LogP contribution in [0.3, 0.4) is 0 Å². The number of morpholine rings is 1. The Morgan fingerprint density at radius 3 is 3.00 bits per heavy atom. The fraction of sp³-hybridized carbons (Fsp3) is 0.769. The molecule has 1 fully saturated rings. The minimum atomic E-state index is -0.343. The van der Waals surface area contributed by atoms with E-state index in [-0.39, 0.29) is 17.6 Å². The number of nitrogens with zero attached hydrogens (tertiary/aromatic N) is 4. The van der Waals surface area contributed by atoms with Crippen LogP contribution in [0.2, 0.25) is 0 Å². The maximum atomic E-state index is 12.3. The van der Waals surface area contributed by atoms with E-state index in [9.17, 15) is 4.79 Å². The molecule has 2 rings (SSSR count). The van der Waals surface area contributed by atoms with Crippen molar-refractivity contribution in [1.29, 1.82) is 0 Å². The lowest BCUT2D eigenvalue weighted by molar-refractivity contribution is -0.168. The van der Waals surface area contributed by atoms with Crippen molar-refractivity contribution in [2.45, 2.75) is 38.5 Å². The van der Waals surface area contributed by atoms with E-state index in [2.05, 4.69) is 10.1 Å². The first-order valence-electron chi connectivity index (χ1n) is 6.77. The van der Waals surface area contributed by atoms with Crippen molar-refractivity contribution >= 4 is 5.91 Å². The van der Waals surface area contributed by atoms with Crippen molar-refractivity contribution < 1.29 is 14.3 Å². The lowest BCUT2D eigenvalue weighted by Crippen LogP contribution is -2.55. The van der Waals surface area contributed by atoms with Crippen LogP contribution in [0, 0.1) is 0 Å². The third kappa shape index (κ3) is 4.01. The SMILES string of the molecule is COC[C@H]1CN(C(=O)CCn2cncn2)CC(C)(C)O1. The number of ether oxygens (including phenoxy) is 2.